The minimum atomic E-state index is -2.40. The number of carboxylic acids is 1. The molecule has 2 atom stereocenters. The summed E-state index contributed by atoms with van der Waals surface area (Å²) in [5, 5.41) is 21.7. The van der Waals surface area contributed by atoms with Crippen molar-refractivity contribution in [2.24, 2.45) is 0 Å². The quantitative estimate of drug-likeness (QED) is 0.849. The summed E-state index contributed by atoms with van der Waals surface area (Å²) in [6.07, 6.45) is 0.128. The number of amides is 1. The van der Waals surface area contributed by atoms with E-state index in [1.807, 2.05) is 0 Å². The van der Waals surface area contributed by atoms with E-state index in [9.17, 15) is 14.0 Å². The van der Waals surface area contributed by atoms with E-state index in [-0.39, 0.29) is 13.0 Å². The zero-order valence-electron chi connectivity index (χ0n) is 14.0. The van der Waals surface area contributed by atoms with Gasteiger partial charge in [-0.25, -0.2) is 9.18 Å². The standard InChI is InChI=1S/C16H17ClFN5O3/c1-2-12(14(24)22-8-7-16(18,9-22)15(25)26)23-20-13(19-21-23)10-3-5-11(17)6-4-10/h3-6,12H,2,7-9H2,1H3,(H,25,26). The highest BCUT2D eigenvalue weighted by Crippen LogP contribution is 2.28. The molecule has 8 nitrogen and oxygen atoms in total. The molecule has 2 unspecified atom stereocenters. The Balaban J connectivity index is 1.78. The summed E-state index contributed by atoms with van der Waals surface area (Å²) in [4.78, 5) is 26.1. The van der Waals surface area contributed by atoms with E-state index in [4.69, 9.17) is 16.7 Å². The average Bonchev–Trinajstić information content (AvgIpc) is 3.24. The van der Waals surface area contributed by atoms with Crippen LogP contribution in [-0.4, -0.2) is 60.8 Å². The van der Waals surface area contributed by atoms with Gasteiger partial charge < -0.3 is 10.0 Å². The lowest BCUT2D eigenvalue weighted by Gasteiger charge is -2.22. The maximum absolute atomic E-state index is 14.2. The number of hydrogen-bond donors (Lipinski definition) is 1. The summed E-state index contributed by atoms with van der Waals surface area (Å²) < 4.78 is 14.2. The van der Waals surface area contributed by atoms with Crippen molar-refractivity contribution in [2.75, 3.05) is 13.1 Å². The van der Waals surface area contributed by atoms with E-state index in [1.165, 1.54) is 9.70 Å². The Hall–Kier alpha value is -2.55. The molecule has 26 heavy (non-hydrogen) atoms. The SMILES string of the molecule is CCC(C(=O)N1CCC(F)(C(=O)O)C1)n1nnc(-c2ccc(Cl)cc2)n1. The lowest BCUT2D eigenvalue weighted by atomic mass is 10.1. The van der Waals surface area contributed by atoms with Gasteiger partial charge in [0.1, 0.15) is 0 Å². The molecule has 2 heterocycles. The van der Waals surface area contributed by atoms with Crippen molar-refractivity contribution >= 4 is 23.5 Å². The fraction of sp³-hybridized carbons (Fsp3) is 0.438. The summed E-state index contributed by atoms with van der Waals surface area (Å²) in [5.41, 5.74) is -1.71. The Kier molecular flexibility index (Phi) is 4.90. The topological polar surface area (TPSA) is 101 Å². The molecule has 1 aliphatic heterocycles. The largest absolute Gasteiger partial charge is 0.479 e. The number of rotatable bonds is 5. The van der Waals surface area contributed by atoms with Crippen molar-refractivity contribution in [3.63, 3.8) is 0 Å². The molecule has 1 fully saturated rings. The molecule has 0 aliphatic carbocycles. The third-order valence-corrected chi connectivity index (χ3v) is 4.65. The van der Waals surface area contributed by atoms with E-state index < -0.39 is 30.1 Å². The third-order valence-electron chi connectivity index (χ3n) is 4.40. The maximum atomic E-state index is 14.2. The molecule has 0 radical (unpaired) electrons. The fourth-order valence-corrected chi connectivity index (χ4v) is 2.98. The van der Waals surface area contributed by atoms with Crippen LogP contribution in [0, 0.1) is 0 Å². The van der Waals surface area contributed by atoms with Gasteiger partial charge in [0.25, 0.3) is 0 Å². The monoisotopic (exact) mass is 381 g/mol. The molecule has 1 aromatic carbocycles. The van der Waals surface area contributed by atoms with Crippen LogP contribution in [-0.2, 0) is 9.59 Å². The van der Waals surface area contributed by atoms with Crippen LogP contribution in [0.1, 0.15) is 25.8 Å². The van der Waals surface area contributed by atoms with Crippen LogP contribution in [0.2, 0.25) is 5.02 Å². The van der Waals surface area contributed by atoms with Gasteiger partial charge in [-0.2, -0.15) is 4.80 Å². The molecule has 1 N–H and O–H groups in total. The van der Waals surface area contributed by atoms with Crippen molar-refractivity contribution in [1.82, 2.24) is 25.1 Å². The second kappa shape index (κ2) is 6.99. The minimum Gasteiger partial charge on any atom is -0.479 e. The lowest BCUT2D eigenvalue weighted by Crippen LogP contribution is -2.41. The van der Waals surface area contributed by atoms with Crippen molar-refractivity contribution in [1.29, 1.82) is 0 Å². The maximum Gasteiger partial charge on any atom is 0.343 e. The van der Waals surface area contributed by atoms with Gasteiger partial charge >= 0.3 is 5.97 Å². The second-order valence-electron chi connectivity index (χ2n) is 6.14. The van der Waals surface area contributed by atoms with Crippen molar-refractivity contribution in [2.45, 2.75) is 31.5 Å². The van der Waals surface area contributed by atoms with Crippen molar-refractivity contribution < 1.29 is 19.1 Å². The van der Waals surface area contributed by atoms with Crippen LogP contribution in [0.4, 0.5) is 4.39 Å². The van der Waals surface area contributed by atoms with Crippen molar-refractivity contribution in [3.05, 3.63) is 29.3 Å². The molecule has 138 valence electrons. The number of hydrogen-bond acceptors (Lipinski definition) is 5. The lowest BCUT2D eigenvalue weighted by molar-refractivity contribution is -0.150. The van der Waals surface area contributed by atoms with Crippen LogP contribution in [0.5, 0.6) is 0 Å². The third kappa shape index (κ3) is 3.39. The Bertz CT molecular complexity index is 828. The van der Waals surface area contributed by atoms with Gasteiger partial charge in [0, 0.05) is 23.6 Å². The first-order chi connectivity index (χ1) is 12.3. The number of likely N-dealkylation sites (tertiary alicyclic amines) is 1. The highest BCUT2D eigenvalue weighted by molar-refractivity contribution is 6.30. The molecule has 2 aromatic rings. The molecular weight excluding hydrogens is 365 g/mol. The van der Waals surface area contributed by atoms with E-state index in [0.29, 0.717) is 22.8 Å². The van der Waals surface area contributed by atoms with Crippen LogP contribution in [0.3, 0.4) is 0 Å². The van der Waals surface area contributed by atoms with Gasteiger partial charge in [0.05, 0.1) is 6.54 Å². The number of halogens is 2. The van der Waals surface area contributed by atoms with E-state index >= 15 is 0 Å². The molecular formula is C16H17ClFN5O3. The summed E-state index contributed by atoms with van der Waals surface area (Å²) >= 11 is 5.85. The highest BCUT2D eigenvalue weighted by Gasteiger charge is 2.48. The molecule has 0 bridgehead atoms. The number of carbonyl (C=O) groups is 2. The first-order valence-electron chi connectivity index (χ1n) is 8.10. The summed E-state index contributed by atoms with van der Waals surface area (Å²) in [7, 11) is 0. The number of alkyl halides is 1. The fourth-order valence-electron chi connectivity index (χ4n) is 2.85. The first kappa shape index (κ1) is 18.2. The van der Waals surface area contributed by atoms with Crippen LogP contribution < -0.4 is 0 Å². The minimum absolute atomic E-state index is 0.0386. The van der Waals surface area contributed by atoms with Crippen LogP contribution >= 0.6 is 11.6 Å². The van der Waals surface area contributed by atoms with E-state index in [2.05, 4.69) is 15.4 Å². The van der Waals surface area contributed by atoms with E-state index in [1.54, 1.807) is 31.2 Å². The van der Waals surface area contributed by atoms with Gasteiger partial charge in [-0.15, -0.1) is 10.2 Å². The zero-order valence-corrected chi connectivity index (χ0v) is 14.7. The van der Waals surface area contributed by atoms with Crippen LogP contribution in [0.25, 0.3) is 11.4 Å². The number of carboxylic acid groups (broad SMARTS) is 1. The molecule has 3 rings (SSSR count). The molecule has 1 saturated heterocycles. The Morgan fingerprint density at radius 1 is 1.38 bits per heavy atom. The molecule has 10 heteroatoms. The average molecular weight is 382 g/mol. The molecule has 1 amide bonds. The summed E-state index contributed by atoms with van der Waals surface area (Å²) in [6, 6.07) is 6.07. The number of aromatic nitrogens is 4. The van der Waals surface area contributed by atoms with Gasteiger partial charge in [-0.1, -0.05) is 18.5 Å². The number of carbonyl (C=O) groups excluding carboxylic acids is 1. The summed E-state index contributed by atoms with van der Waals surface area (Å²) in [5.74, 6) is -1.64. The van der Waals surface area contributed by atoms with Crippen LogP contribution in [0.15, 0.2) is 24.3 Å². The van der Waals surface area contributed by atoms with E-state index in [0.717, 1.165) is 0 Å². The number of aliphatic carboxylic acids is 1. The zero-order chi connectivity index (χ0) is 18.9. The Morgan fingerprint density at radius 3 is 2.65 bits per heavy atom. The smallest absolute Gasteiger partial charge is 0.343 e. The van der Waals surface area contributed by atoms with Gasteiger partial charge in [-0.05, 0) is 35.9 Å². The van der Waals surface area contributed by atoms with Gasteiger partial charge in [0.15, 0.2) is 6.04 Å². The highest BCUT2D eigenvalue weighted by atomic mass is 35.5. The molecule has 1 aromatic heterocycles. The number of tetrazole rings is 1. The van der Waals surface area contributed by atoms with Gasteiger partial charge in [-0.3, -0.25) is 4.79 Å². The predicted octanol–water partition coefficient (Wildman–Crippen LogP) is 1.97. The van der Waals surface area contributed by atoms with Gasteiger partial charge in [0.2, 0.25) is 17.4 Å². The number of nitrogens with zero attached hydrogens (tertiary/aromatic N) is 5. The first-order valence-corrected chi connectivity index (χ1v) is 8.48. The normalized spacial score (nSPS) is 21.0. The molecule has 0 spiro atoms. The Morgan fingerprint density at radius 2 is 2.08 bits per heavy atom. The molecule has 0 saturated carbocycles. The Labute approximate surface area is 153 Å². The number of benzene rings is 1. The second-order valence-corrected chi connectivity index (χ2v) is 6.58. The predicted molar refractivity (Wildman–Crippen MR) is 90.3 cm³/mol. The molecule has 1 aliphatic rings. The summed E-state index contributed by atoms with van der Waals surface area (Å²) in [6.45, 7) is 1.33. The van der Waals surface area contributed by atoms with Crippen molar-refractivity contribution in [3.8, 4) is 11.4 Å².